The van der Waals surface area contributed by atoms with E-state index in [0.29, 0.717) is 6.54 Å². The Morgan fingerprint density at radius 3 is 3.00 bits per heavy atom. The maximum atomic E-state index is 10.8. The van der Waals surface area contributed by atoms with Gasteiger partial charge in [-0.25, -0.2) is 0 Å². The molecule has 5 nitrogen and oxygen atoms in total. The molecule has 1 heterocycles. The van der Waals surface area contributed by atoms with Crippen LogP contribution in [0, 0.1) is 0 Å². The minimum atomic E-state index is -0.533. The Morgan fingerprint density at radius 1 is 1.71 bits per heavy atom. The van der Waals surface area contributed by atoms with E-state index in [1.807, 2.05) is 6.92 Å². The predicted octanol–water partition coefficient (Wildman–Crippen LogP) is -0.0604. The number of pyridine rings is 1. The highest BCUT2D eigenvalue weighted by Crippen LogP contribution is 2.08. The van der Waals surface area contributed by atoms with Gasteiger partial charge in [0.25, 0.3) is 5.91 Å². The van der Waals surface area contributed by atoms with Crippen LogP contribution in [0.5, 0.6) is 0 Å². The second-order valence-corrected chi connectivity index (χ2v) is 3.08. The summed E-state index contributed by atoms with van der Waals surface area (Å²) >= 11 is 0. The van der Waals surface area contributed by atoms with E-state index < -0.39 is 5.91 Å². The Balaban J connectivity index is 2.78. The van der Waals surface area contributed by atoms with Crippen LogP contribution in [0.3, 0.4) is 0 Å². The van der Waals surface area contributed by atoms with Crippen LogP contribution in [-0.2, 0) is 0 Å². The lowest BCUT2D eigenvalue weighted by molar-refractivity contribution is 0.0995. The zero-order chi connectivity index (χ0) is 10.6. The molecule has 0 spiro atoms. The van der Waals surface area contributed by atoms with Crippen molar-refractivity contribution in [2.24, 2.45) is 11.5 Å². The quantitative estimate of drug-likeness (QED) is 0.625. The maximum Gasteiger partial charge on any atom is 0.267 e. The van der Waals surface area contributed by atoms with E-state index >= 15 is 0 Å². The van der Waals surface area contributed by atoms with Crippen molar-refractivity contribution in [1.29, 1.82) is 0 Å². The molecule has 0 aliphatic carbocycles. The summed E-state index contributed by atoms with van der Waals surface area (Å²) in [5, 5.41) is 3.11. The number of nitrogens with one attached hydrogen (secondary N) is 1. The van der Waals surface area contributed by atoms with Crippen molar-refractivity contribution >= 4 is 11.6 Å². The molecule has 0 aliphatic heterocycles. The number of hydrogen-bond donors (Lipinski definition) is 3. The Bertz CT molecular complexity index is 326. The molecule has 1 aromatic rings. The molecule has 0 aromatic carbocycles. The SMILES string of the molecule is CC(CN)Nc1ccnc(C(N)=O)c1. The van der Waals surface area contributed by atoms with Crippen LogP contribution in [0.4, 0.5) is 5.69 Å². The summed E-state index contributed by atoms with van der Waals surface area (Å²) in [6, 6.07) is 3.52. The highest BCUT2D eigenvalue weighted by Gasteiger charge is 2.04. The van der Waals surface area contributed by atoms with Crippen LogP contribution in [0.25, 0.3) is 0 Å². The standard InChI is InChI=1S/C9H14N4O/c1-6(5-10)13-7-2-3-12-8(4-7)9(11)14/h2-4,6H,5,10H2,1H3,(H2,11,14)(H,12,13). The average molecular weight is 194 g/mol. The molecule has 1 atom stereocenters. The van der Waals surface area contributed by atoms with Crippen molar-refractivity contribution in [3.63, 3.8) is 0 Å². The molecule has 1 aromatic heterocycles. The van der Waals surface area contributed by atoms with Gasteiger partial charge >= 0.3 is 0 Å². The second kappa shape index (κ2) is 4.57. The lowest BCUT2D eigenvalue weighted by Crippen LogP contribution is -2.25. The van der Waals surface area contributed by atoms with Crippen molar-refractivity contribution in [3.05, 3.63) is 24.0 Å². The Hall–Kier alpha value is -1.62. The Morgan fingerprint density at radius 2 is 2.43 bits per heavy atom. The van der Waals surface area contributed by atoms with Gasteiger partial charge in [-0.1, -0.05) is 0 Å². The van der Waals surface area contributed by atoms with Crippen LogP contribution in [0.1, 0.15) is 17.4 Å². The van der Waals surface area contributed by atoms with E-state index in [0.717, 1.165) is 5.69 Å². The number of nitrogens with two attached hydrogens (primary N) is 2. The summed E-state index contributed by atoms with van der Waals surface area (Å²) in [7, 11) is 0. The van der Waals surface area contributed by atoms with Gasteiger partial charge in [-0.3, -0.25) is 9.78 Å². The third kappa shape index (κ3) is 2.70. The van der Waals surface area contributed by atoms with Crippen LogP contribution in [0.2, 0.25) is 0 Å². The first kappa shape index (κ1) is 10.5. The molecule has 5 N–H and O–H groups in total. The minimum Gasteiger partial charge on any atom is -0.381 e. The summed E-state index contributed by atoms with van der Waals surface area (Å²) < 4.78 is 0. The fourth-order valence-corrected chi connectivity index (χ4v) is 0.999. The molecule has 0 saturated carbocycles. The van der Waals surface area contributed by atoms with Crippen molar-refractivity contribution < 1.29 is 4.79 Å². The molecule has 0 fully saturated rings. The first-order valence-corrected chi connectivity index (χ1v) is 4.36. The molecular weight excluding hydrogens is 180 g/mol. The van der Waals surface area contributed by atoms with Crippen molar-refractivity contribution in [2.45, 2.75) is 13.0 Å². The van der Waals surface area contributed by atoms with Gasteiger partial charge < -0.3 is 16.8 Å². The van der Waals surface area contributed by atoms with Crippen LogP contribution >= 0.6 is 0 Å². The van der Waals surface area contributed by atoms with Gasteiger partial charge in [0.05, 0.1) is 0 Å². The van der Waals surface area contributed by atoms with E-state index in [1.54, 1.807) is 12.1 Å². The molecule has 1 rings (SSSR count). The number of aromatic nitrogens is 1. The maximum absolute atomic E-state index is 10.8. The predicted molar refractivity (Wildman–Crippen MR) is 54.9 cm³/mol. The molecule has 76 valence electrons. The summed E-state index contributed by atoms with van der Waals surface area (Å²) in [5.74, 6) is -0.533. The molecule has 0 saturated heterocycles. The van der Waals surface area contributed by atoms with E-state index in [4.69, 9.17) is 11.5 Å². The molecular formula is C9H14N4O. The lowest BCUT2D eigenvalue weighted by Gasteiger charge is -2.12. The van der Waals surface area contributed by atoms with Gasteiger partial charge in [0.2, 0.25) is 0 Å². The first-order chi connectivity index (χ1) is 6.63. The van der Waals surface area contributed by atoms with Gasteiger partial charge in [-0.15, -0.1) is 0 Å². The number of primary amides is 1. The van der Waals surface area contributed by atoms with Crippen LogP contribution < -0.4 is 16.8 Å². The van der Waals surface area contributed by atoms with E-state index in [2.05, 4.69) is 10.3 Å². The zero-order valence-electron chi connectivity index (χ0n) is 8.03. The lowest BCUT2D eigenvalue weighted by atomic mass is 10.2. The largest absolute Gasteiger partial charge is 0.381 e. The first-order valence-electron chi connectivity index (χ1n) is 4.36. The van der Waals surface area contributed by atoms with E-state index in [9.17, 15) is 4.79 Å². The number of rotatable bonds is 4. The molecule has 1 unspecified atom stereocenters. The van der Waals surface area contributed by atoms with Crippen molar-refractivity contribution in [1.82, 2.24) is 4.98 Å². The van der Waals surface area contributed by atoms with Crippen molar-refractivity contribution in [2.75, 3.05) is 11.9 Å². The molecule has 0 bridgehead atoms. The Kier molecular flexibility index (Phi) is 3.41. The molecule has 14 heavy (non-hydrogen) atoms. The van der Waals surface area contributed by atoms with Crippen LogP contribution in [0.15, 0.2) is 18.3 Å². The third-order valence-electron chi connectivity index (χ3n) is 1.78. The minimum absolute atomic E-state index is 0.151. The third-order valence-corrected chi connectivity index (χ3v) is 1.78. The highest BCUT2D eigenvalue weighted by atomic mass is 16.1. The number of anilines is 1. The fraction of sp³-hybridized carbons (Fsp3) is 0.333. The molecule has 0 aliphatic rings. The number of hydrogen-bond acceptors (Lipinski definition) is 4. The highest BCUT2D eigenvalue weighted by molar-refractivity contribution is 5.91. The number of carbonyl (C=O) groups is 1. The summed E-state index contributed by atoms with van der Waals surface area (Å²) in [5.41, 5.74) is 11.6. The summed E-state index contributed by atoms with van der Waals surface area (Å²) in [6.45, 7) is 2.47. The molecule has 1 amide bonds. The number of nitrogens with zero attached hydrogens (tertiary/aromatic N) is 1. The fourth-order valence-electron chi connectivity index (χ4n) is 0.999. The van der Waals surface area contributed by atoms with Gasteiger partial charge in [-0.05, 0) is 19.1 Å². The zero-order valence-corrected chi connectivity index (χ0v) is 8.03. The summed E-state index contributed by atoms with van der Waals surface area (Å²) in [4.78, 5) is 14.6. The van der Waals surface area contributed by atoms with Gasteiger partial charge in [-0.2, -0.15) is 0 Å². The topological polar surface area (TPSA) is 94.0 Å². The monoisotopic (exact) mass is 194 g/mol. The normalized spacial score (nSPS) is 12.1. The second-order valence-electron chi connectivity index (χ2n) is 3.08. The van der Waals surface area contributed by atoms with Crippen LogP contribution in [-0.4, -0.2) is 23.5 Å². The molecule has 0 radical (unpaired) electrons. The number of amides is 1. The van der Waals surface area contributed by atoms with Crippen molar-refractivity contribution in [3.8, 4) is 0 Å². The van der Waals surface area contributed by atoms with Gasteiger partial charge in [0, 0.05) is 24.5 Å². The number of carbonyl (C=O) groups excluding carboxylic acids is 1. The smallest absolute Gasteiger partial charge is 0.267 e. The average Bonchev–Trinajstić information content (AvgIpc) is 2.18. The summed E-state index contributed by atoms with van der Waals surface area (Å²) in [6.07, 6.45) is 1.53. The molecule has 5 heteroatoms. The Labute approximate surface area is 82.5 Å². The van der Waals surface area contributed by atoms with E-state index in [1.165, 1.54) is 6.20 Å². The van der Waals surface area contributed by atoms with Gasteiger partial charge in [0.15, 0.2) is 0 Å². The van der Waals surface area contributed by atoms with E-state index in [-0.39, 0.29) is 11.7 Å². The van der Waals surface area contributed by atoms with Gasteiger partial charge in [0.1, 0.15) is 5.69 Å².